The van der Waals surface area contributed by atoms with Crippen LogP contribution in [0.4, 0.5) is 0 Å². The molecule has 0 unspecified atom stereocenters. The molecule has 46 heavy (non-hydrogen) atoms. The number of ether oxygens (including phenoxy) is 1. The van der Waals surface area contributed by atoms with E-state index in [-0.39, 0.29) is 67.3 Å². The SMILES string of the molecule is C.C.C#CC.C1CCOC1.CC#N.CCl.CN(C)C.CO.C[n+]1ccccc1.C[n+]1ccccc1.[Br-].[C-]#C.[Cl-].[Mg+2].c1cc[nH+]cc1. The summed E-state index contributed by atoms with van der Waals surface area (Å²) in [4.78, 5) is 4.89. The fourth-order valence-corrected chi connectivity index (χ4v) is 1.82. The van der Waals surface area contributed by atoms with Crippen LogP contribution in [0.5, 0.6) is 0 Å². The van der Waals surface area contributed by atoms with Gasteiger partial charge in [0, 0.05) is 70.0 Å². The summed E-state index contributed by atoms with van der Waals surface area (Å²) >= 11 is 4.64. The van der Waals surface area contributed by atoms with Crippen LogP contribution in [-0.4, -0.2) is 80.9 Å². The number of hydrogen-bond donors (Lipinski definition) is 1. The van der Waals surface area contributed by atoms with E-state index < -0.39 is 0 Å². The number of halogens is 3. The van der Waals surface area contributed by atoms with Gasteiger partial charge in [0.15, 0.2) is 37.2 Å². The van der Waals surface area contributed by atoms with Crippen molar-refractivity contribution in [2.24, 2.45) is 14.1 Å². The average molecular weight is 760 g/mol. The van der Waals surface area contributed by atoms with Crippen LogP contribution in [-0.2, 0) is 18.8 Å². The van der Waals surface area contributed by atoms with E-state index in [0.29, 0.717) is 0 Å². The maximum Gasteiger partial charge on any atom is 2.00 e. The number of hydrogen-bond acceptors (Lipinski definition) is 4. The van der Waals surface area contributed by atoms with E-state index in [4.69, 9.17) is 21.5 Å². The Morgan fingerprint density at radius 2 is 1.00 bits per heavy atom. The summed E-state index contributed by atoms with van der Waals surface area (Å²) in [5.74, 6) is 2.25. The molecule has 0 spiro atoms. The van der Waals surface area contributed by atoms with Gasteiger partial charge in [0.25, 0.3) is 0 Å². The van der Waals surface area contributed by atoms with Crippen LogP contribution in [0, 0.1) is 36.5 Å². The maximum absolute atomic E-state index is 7.32. The molecule has 1 saturated heterocycles. The van der Waals surface area contributed by atoms with Crippen molar-refractivity contribution in [3.8, 4) is 24.8 Å². The number of nitrogens with one attached hydrogen (secondary N) is 1. The number of aliphatic hydroxyl groups is 1. The Morgan fingerprint density at radius 1 is 0.783 bits per heavy atom. The van der Waals surface area contributed by atoms with E-state index in [0.717, 1.165) is 20.3 Å². The van der Waals surface area contributed by atoms with Crippen molar-refractivity contribution in [1.29, 1.82) is 5.26 Å². The molecule has 1 fully saturated rings. The Morgan fingerprint density at radius 3 is 1.09 bits per heavy atom. The van der Waals surface area contributed by atoms with E-state index in [1.807, 2.05) is 141 Å². The number of nitriles is 1. The zero-order valence-corrected chi connectivity index (χ0v) is 32.6. The largest absolute Gasteiger partial charge is 2.00 e. The quantitative estimate of drug-likeness (QED) is 0.108. The molecular weight excluding hydrogens is 698 g/mol. The van der Waals surface area contributed by atoms with Gasteiger partial charge in [-0.3, -0.25) is 0 Å². The number of aromatic amines is 1. The van der Waals surface area contributed by atoms with E-state index in [1.165, 1.54) is 26.1 Å². The third-order valence-electron chi connectivity index (χ3n) is 3.16. The molecule has 0 saturated carbocycles. The number of aryl methyl sites for hydroxylation is 2. The first-order valence-corrected chi connectivity index (χ1v) is 13.3. The predicted molar refractivity (Wildman–Crippen MR) is 191 cm³/mol. The number of aliphatic hydroxyl groups excluding tert-OH is 1. The Labute approximate surface area is 322 Å². The Bertz CT molecular complexity index is 812. The molecule has 0 aliphatic carbocycles. The van der Waals surface area contributed by atoms with Crippen molar-refractivity contribution >= 4 is 34.7 Å². The molecule has 11 heteroatoms. The smallest absolute Gasteiger partial charge is 1.00 e. The minimum atomic E-state index is 0. The van der Waals surface area contributed by atoms with E-state index in [2.05, 4.69) is 35.4 Å². The second-order valence-corrected chi connectivity index (χ2v) is 7.33. The molecular formula is C35H62BrCl2MgN5O2+2. The van der Waals surface area contributed by atoms with Gasteiger partial charge < -0.3 is 57.0 Å². The molecule has 7 nitrogen and oxygen atoms in total. The predicted octanol–water partition coefficient (Wildman–Crippen LogP) is -0.764. The molecule has 0 bridgehead atoms. The number of H-pyrrole nitrogens is 1. The monoisotopic (exact) mass is 757 g/mol. The van der Waals surface area contributed by atoms with Gasteiger partial charge in [0.05, 0.1) is 6.07 Å². The van der Waals surface area contributed by atoms with Gasteiger partial charge in [-0.1, -0.05) is 33.1 Å². The van der Waals surface area contributed by atoms with Crippen LogP contribution >= 0.6 is 11.6 Å². The first kappa shape index (κ1) is 74.6. The second-order valence-electron chi connectivity index (χ2n) is 7.33. The van der Waals surface area contributed by atoms with E-state index >= 15 is 0 Å². The number of aromatic nitrogens is 3. The summed E-state index contributed by atoms with van der Waals surface area (Å²) in [7, 11) is 11.0. The zero-order valence-electron chi connectivity index (χ0n) is 28.1. The number of alkyl halides is 1. The summed E-state index contributed by atoms with van der Waals surface area (Å²) < 4.78 is 8.94. The molecule has 3 aromatic rings. The molecule has 260 valence electrons. The van der Waals surface area contributed by atoms with Gasteiger partial charge in [-0.25, -0.2) is 14.1 Å². The fraction of sp³-hybridized carbons (Fsp3) is 0.429. The van der Waals surface area contributed by atoms with Crippen LogP contribution in [0.1, 0.15) is 41.5 Å². The van der Waals surface area contributed by atoms with Crippen LogP contribution in [0.2, 0.25) is 0 Å². The Balaban J connectivity index is -0.0000000336. The van der Waals surface area contributed by atoms with Gasteiger partial charge in [0.2, 0.25) is 0 Å². The van der Waals surface area contributed by atoms with Crippen molar-refractivity contribution in [2.45, 2.75) is 41.5 Å². The Hall–Kier alpha value is -2.23. The molecule has 0 atom stereocenters. The third kappa shape index (κ3) is 113. The minimum absolute atomic E-state index is 0. The number of nitrogens with zero attached hydrogens (tertiary/aromatic N) is 4. The zero-order chi connectivity index (χ0) is 33.0. The van der Waals surface area contributed by atoms with Crippen molar-refractivity contribution in [1.82, 2.24) is 4.90 Å². The summed E-state index contributed by atoms with van der Waals surface area (Å²) in [5, 5.41) is 14.3. The first-order chi connectivity index (χ1) is 19.8. The second kappa shape index (κ2) is 84.2. The van der Waals surface area contributed by atoms with Crippen molar-refractivity contribution in [3.05, 3.63) is 98.2 Å². The minimum Gasteiger partial charge on any atom is -1.00 e. The molecule has 0 amide bonds. The van der Waals surface area contributed by atoms with Crippen LogP contribution in [0.15, 0.2) is 91.8 Å². The summed E-state index contributed by atoms with van der Waals surface area (Å²) in [5.41, 5.74) is 0. The van der Waals surface area contributed by atoms with Crippen LogP contribution in [0.25, 0.3) is 0 Å². The van der Waals surface area contributed by atoms with Crippen molar-refractivity contribution < 1.29 is 53.4 Å². The molecule has 1 aliphatic heterocycles. The van der Waals surface area contributed by atoms with E-state index in [9.17, 15) is 0 Å². The Kier molecular flexibility index (Phi) is 136. The number of rotatable bonds is 0. The number of terminal acetylenes is 2. The van der Waals surface area contributed by atoms with Gasteiger partial charge in [-0.2, -0.15) is 5.26 Å². The normalized spacial score (nSPS) is 7.74. The van der Waals surface area contributed by atoms with Crippen molar-refractivity contribution in [3.63, 3.8) is 0 Å². The molecule has 3 aromatic heterocycles. The summed E-state index contributed by atoms with van der Waals surface area (Å²) in [6.07, 6.45) is 29.4. The average Bonchev–Trinajstić information content (AvgIpc) is 3.60. The molecule has 1 aliphatic rings. The van der Waals surface area contributed by atoms with Crippen LogP contribution < -0.4 is 43.5 Å². The van der Waals surface area contributed by atoms with Gasteiger partial charge in [-0.05, 0) is 40.9 Å². The third-order valence-corrected chi connectivity index (χ3v) is 3.16. The van der Waals surface area contributed by atoms with Gasteiger partial charge in [-0.15, -0.1) is 23.9 Å². The van der Waals surface area contributed by atoms with E-state index in [1.54, 1.807) is 13.0 Å². The molecule has 0 aromatic carbocycles. The molecule has 2 N–H and O–H groups in total. The first-order valence-electron chi connectivity index (χ1n) is 12.5. The summed E-state index contributed by atoms with van der Waals surface area (Å²) in [6, 6.07) is 19.6. The summed E-state index contributed by atoms with van der Waals surface area (Å²) in [6.45, 7) is 5.08. The van der Waals surface area contributed by atoms with Gasteiger partial charge in [0.1, 0.15) is 14.1 Å². The molecule has 4 rings (SSSR count). The topological polar surface area (TPSA) is 78.4 Å². The standard InChI is InChI=1S/2C6H8N.C5H5N.C4H8O.C3H9N.C3H4.C2H3N.C2H.CH3Cl.CH4O.2CH4.BrH.ClH.Mg/c2*1-7-5-3-2-4-6-7;1-2-4-6-5-3-1;1-2-4-5-3-1;1-4(2)3;1-3-2;1-2-3;3*1-2;;;;;/h2*2-6H,1H3;1-5H;1-4H2;1-3H3;1H,2H3;1H3;1H;1H3;2H,1H3;2*1H4;2*1H;/q2*+1;;;;;;-1;;;;;;;+2/p-1. The van der Waals surface area contributed by atoms with Gasteiger partial charge >= 0.3 is 23.1 Å². The molecule has 0 radical (unpaired) electrons. The number of pyridine rings is 3. The fourth-order valence-electron chi connectivity index (χ4n) is 1.82. The van der Waals surface area contributed by atoms with Crippen molar-refractivity contribution in [2.75, 3.05) is 47.8 Å². The maximum atomic E-state index is 7.32. The molecule has 4 heterocycles. The van der Waals surface area contributed by atoms with Crippen LogP contribution in [0.3, 0.4) is 0 Å².